The first-order chi connectivity index (χ1) is 14.5. The molecule has 8 nitrogen and oxygen atoms in total. The van der Waals surface area contributed by atoms with Crippen LogP contribution >= 0.6 is 0 Å². The van der Waals surface area contributed by atoms with E-state index in [2.05, 4.69) is 15.3 Å². The molecule has 0 atom stereocenters. The maximum Gasteiger partial charge on any atom is 0.414 e. The Morgan fingerprint density at radius 2 is 2.07 bits per heavy atom. The Morgan fingerprint density at radius 3 is 2.83 bits per heavy atom. The van der Waals surface area contributed by atoms with Crippen LogP contribution in [0.3, 0.4) is 0 Å². The number of methoxy groups -OCH3 is 1. The zero-order valence-corrected chi connectivity index (χ0v) is 16.3. The predicted molar refractivity (Wildman–Crippen MR) is 105 cm³/mol. The van der Waals surface area contributed by atoms with E-state index in [0.717, 1.165) is 5.56 Å². The Labute approximate surface area is 171 Å². The van der Waals surface area contributed by atoms with E-state index in [1.54, 1.807) is 12.1 Å². The number of ether oxygens (including phenoxy) is 3. The van der Waals surface area contributed by atoms with Crippen molar-refractivity contribution in [3.63, 3.8) is 0 Å². The first-order valence-corrected chi connectivity index (χ1v) is 9.20. The number of ketones is 1. The summed E-state index contributed by atoms with van der Waals surface area (Å²) in [4.78, 5) is 32.4. The summed E-state index contributed by atoms with van der Waals surface area (Å²) in [6.07, 6.45) is 2.50. The molecule has 3 heterocycles. The lowest BCUT2D eigenvalue weighted by Crippen LogP contribution is -2.27. The number of halogens is 1. The fraction of sp³-hybridized carbons (Fsp3) is 0.238. The normalized spacial score (nSPS) is 12.2. The third kappa shape index (κ3) is 3.61. The first-order valence-electron chi connectivity index (χ1n) is 9.20. The van der Waals surface area contributed by atoms with Crippen LogP contribution < -0.4 is 19.5 Å². The van der Waals surface area contributed by atoms with E-state index in [9.17, 15) is 14.0 Å². The van der Waals surface area contributed by atoms with Crippen molar-refractivity contribution < 1.29 is 28.2 Å². The molecule has 0 spiro atoms. The molecule has 1 N–H and O–H groups in total. The van der Waals surface area contributed by atoms with Gasteiger partial charge in [-0.3, -0.25) is 4.79 Å². The molecule has 0 saturated heterocycles. The molecule has 0 aliphatic carbocycles. The van der Waals surface area contributed by atoms with Crippen LogP contribution in [0.4, 0.5) is 9.18 Å². The molecule has 0 radical (unpaired) electrons. The van der Waals surface area contributed by atoms with E-state index in [4.69, 9.17) is 14.2 Å². The lowest BCUT2D eigenvalue weighted by molar-refractivity contribution is 0.101. The van der Waals surface area contributed by atoms with Crippen LogP contribution in [0.5, 0.6) is 17.5 Å². The number of amides is 1. The number of carbonyl (C=O) groups is 2. The van der Waals surface area contributed by atoms with E-state index in [1.165, 1.54) is 32.5 Å². The Kier molecular flexibility index (Phi) is 5.18. The number of hydrogen-bond acceptors (Lipinski definition) is 7. The standard InChI is InChI=1S/C21H18FN3O5/c1-11(26)14-8-24-20(16-10-23-19(28-2)7-13(14)16)30-21(27)25-9-15-12-5-6-29-18(12)4-3-17(15)22/h3-4,7-8,10H,5-6,9H2,1-2H3,(H,25,27). The molecule has 30 heavy (non-hydrogen) atoms. The summed E-state index contributed by atoms with van der Waals surface area (Å²) in [7, 11) is 1.46. The number of carbonyl (C=O) groups excluding carboxylic acids is 2. The highest BCUT2D eigenvalue weighted by molar-refractivity contribution is 6.08. The predicted octanol–water partition coefficient (Wildman–Crippen LogP) is 3.20. The fourth-order valence-corrected chi connectivity index (χ4v) is 3.36. The van der Waals surface area contributed by atoms with Gasteiger partial charge in [0.2, 0.25) is 11.8 Å². The van der Waals surface area contributed by atoms with Crippen LogP contribution in [0.15, 0.2) is 30.6 Å². The summed E-state index contributed by atoms with van der Waals surface area (Å²) in [5.74, 6) is 0.277. The number of nitrogens with zero attached hydrogens (tertiary/aromatic N) is 2. The van der Waals surface area contributed by atoms with Crippen LogP contribution in [-0.2, 0) is 13.0 Å². The molecule has 9 heteroatoms. The van der Waals surface area contributed by atoms with E-state index < -0.39 is 11.9 Å². The summed E-state index contributed by atoms with van der Waals surface area (Å²) >= 11 is 0. The molecule has 0 unspecified atom stereocenters. The topological polar surface area (TPSA) is 99.6 Å². The van der Waals surface area contributed by atoms with Crippen molar-refractivity contribution in [2.24, 2.45) is 0 Å². The Hall–Kier alpha value is -3.75. The summed E-state index contributed by atoms with van der Waals surface area (Å²) in [6, 6.07) is 4.45. The molecule has 0 bridgehead atoms. The first kappa shape index (κ1) is 19.6. The maximum absolute atomic E-state index is 14.2. The van der Waals surface area contributed by atoms with Crippen molar-refractivity contribution in [3.05, 3.63) is 53.1 Å². The van der Waals surface area contributed by atoms with Gasteiger partial charge in [-0.1, -0.05) is 0 Å². The maximum atomic E-state index is 14.2. The highest BCUT2D eigenvalue weighted by Gasteiger charge is 2.21. The van der Waals surface area contributed by atoms with Gasteiger partial charge in [-0.15, -0.1) is 0 Å². The number of fused-ring (bicyclic) bond motifs is 2. The second-order valence-electron chi connectivity index (χ2n) is 6.65. The number of pyridine rings is 2. The molecule has 3 aromatic rings. The van der Waals surface area contributed by atoms with Crippen molar-refractivity contribution in [1.29, 1.82) is 0 Å². The quantitative estimate of drug-likeness (QED) is 0.644. The van der Waals surface area contributed by atoms with Crippen LogP contribution in [0.1, 0.15) is 28.4 Å². The average Bonchev–Trinajstić information content (AvgIpc) is 3.21. The molecule has 2 aromatic heterocycles. The van der Waals surface area contributed by atoms with Gasteiger partial charge in [0.25, 0.3) is 0 Å². The summed E-state index contributed by atoms with van der Waals surface area (Å²) in [6.45, 7) is 1.82. The number of Topliss-reactive ketones (excluding diaryl/α,β-unsaturated/α-hetero) is 1. The Bertz CT molecular complexity index is 1170. The van der Waals surface area contributed by atoms with Gasteiger partial charge in [-0.2, -0.15) is 0 Å². The SMILES string of the molecule is COc1cc2c(C(C)=O)cnc(OC(=O)NCc3c(F)ccc4c3CCO4)c2cn1. The molecule has 1 amide bonds. The lowest BCUT2D eigenvalue weighted by Gasteiger charge is -2.12. The molecule has 1 aliphatic heterocycles. The molecular formula is C21H18FN3O5. The van der Waals surface area contributed by atoms with Gasteiger partial charge in [0, 0.05) is 53.5 Å². The number of benzene rings is 1. The Balaban J connectivity index is 1.56. The van der Waals surface area contributed by atoms with E-state index >= 15 is 0 Å². The molecule has 154 valence electrons. The summed E-state index contributed by atoms with van der Waals surface area (Å²) in [5, 5.41) is 3.40. The van der Waals surface area contributed by atoms with E-state index in [-0.39, 0.29) is 18.2 Å². The van der Waals surface area contributed by atoms with Crippen molar-refractivity contribution >= 4 is 22.6 Å². The lowest BCUT2D eigenvalue weighted by atomic mass is 10.0. The van der Waals surface area contributed by atoms with Crippen molar-refractivity contribution in [2.45, 2.75) is 19.9 Å². The van der Waals surface area contributed by atoms with Crippen molar-refractivity contribution in [3.8, 4) is 17.5 Å². The molecule has 0 fully saturated rings. The largest absolute Gasteiger partial charge is 0.493 e. The third-order valence-electron chi connectivity index (χ3n) is 4.84. The summed E-state index contributed by atoms with van der Waals surface area (Å²) in [5.41, 5.74) is 1.44. The monoisotopic (exact) mass is 411 g/mol. The second kappa shape index (κ2) is 7.94. The van der Waals surface area contributed by atoms with Gasteiger partial charge in [0.05, 0.1) is 19.1 Å². The summed E-state index contributed by atoms with van der Waals surface area (Å²) < 4.78 is 30.1. The van der Waals surface area contributed by atoms with Gasteiger partial charge in [-0.25, -0.2) is 19.2 Å². The molecule has 1 aliphatic rings. The zero-order chi connectivity index (χ0) is 21.3. The smallest absolute Gasteiger partial charge is 0.414 e. The van der Waals surface area contributed by atoms with Crippen LogP contribution in [0.25, 0.3) is 10.8 Å². The number of nitrogens with one attached hydrogen (secondary N) is 1. The highest BCUT2D eigenvalue weighted by Crippen LogP contribution is 2.31. The van der Waals surface area contributed by atoms with E-state index in [1.807, 2.05) is 0 Å². The van der Waals surface area contributed by atoms with Gasteiger partial charge < -0.3 is 19.5 Å². The Morgan fingerprint density at radius 1 is 1.23 bits per heavy atom. The average molecular weight is 411 g/mol. The zero-order valence-electron chi connectivity index (χ0n) is 16.3. The van der Waals surface area contributed by atoms with E-state index in [0.29, 0.717) is 46.6 Å². The van der Waals surface area contributed by atoms with Gasteiger partial charge in [0.1, 0.15) is 11.6 Å². The van der Waals surface area contributed by atoms with Crippen LogP contribution in [0, 0.1) is 5.82 Å². The molecule has 1 aromatic carbocycles. The molecule has 4 rings (SSSR count). The van der Waals surface area contributed by atoms with Gasteiger partial charge in [0.15, 0.2) is 5.78 Å². The molecule has 0 saturated carbocycles. The number of rotatable bonds is 5. The van der Waals surface area contributed by atoms with Crippen molar-refractivity contribution in [2.75, 3.05) is 13.7 Å². The minimum Gasteiger partial charge on any atom is -0.493 e. The molecular weight excluding hydrogens is 393 g/mol. The van der Waals surface area contributed by atoms with Gasteiger partial charge in [-0.05, 0) is 19.1 Å². The third-order valence-corrected chi connectivity index (χ3v) is 4.84. The minimum absolute atomic E-state index is 0.0234. The number of aromatic nitrogens is 2. The van der Waals surface area contributed by atoms with Crippen LogP contribution in [-0.4, -0.2) is 35.6 Å². The number of hydrogen-bond donors (Lipinski definition) is 1. The van der Waals surface area contributed by atoms with Gasteiger partial charge >= 0.3 is 6.09 Å². The van der Waals surface area contributed by atoms with Crippen LogP contribution in [0.2, 0.25) is 0 Å². The minimum atomic E-state index is -0.814. The second-order valence-corrected chi connectivity index (χ2v) is 6.65. The fourth-order valence-electron chi connectivity index (χ4n) is 3.36. The highest BCUT2D eigenvalue weighted by atomic mass is 19.1. The van der Waals surface area contributed by atoms with Crippen molar-refractivity contribution in [1.82, 2.24) is 15.3 Å².